The van der Waals surface area contributed by atoms with Crippen molar-refractivity contribution < 1.29 is 14.3 Å². The molecule has 0 N–H and O–H groups in total. The normalized spacial score (nSPS) is 10.0. The predicted octanol–water partition coefficient (Wildman–Crippen LogP) is 1.98. The summed E-state index contributed by atoms with van der Waals surface area (Å²) in [5.74, 6) is 0.859. The molecule has 1 rings (SSSR count). The molecule has 0 amide bonds. The summed E-state index contributed by atoms with van der Waals surface area (Å²) in [6, 6.07) is 7.82. The minimum atomic E-state index is 0.0327. The van der Waals surface area contributed by atoms with Crippen LogP contribution in [0.1, 0.15) is 12.5 Å². The van der Waals surface area contributed by atoms with Crippen LogP contribution in [0.15, 0.2) is 24.3 Å². The van der Waals surface area contributed by atoms with E-state index in [4.69, 9.17) is 9.47 Å². The van der Waals surface area contributed by atoms with E-state index in [1.807, 2.05) is 31.2 Å². The zero-order valence-corrected chi connectivity index (χ0v) is 9.16. The maximum absolute atomic E-state index is 10.5. The van der Waals surface area contributed by atoms with Crippen molar-refractivity contribution in [3.05, 3.63) is 29.8 Å². The predicted molar refractivity (Wildman–Crippen MR) is 58.2 cm³/mol. The van der Waals surface area contributed by atoms with Gasteiger partial charge in [-0.25, -0.2) is 0 Å². The fraction of sp³-hybridized carbons (Fsp3) is 0.417. The van der Waals surface area contributed by atoms with Crippen molar-refractivity contribution in [2.24, 2.45) is 0 Å². The van der Waals surface area contributed by atoms with Crippen LogP contribution in [0.5, 0.6) is 5.75 Å². The van der Waals surface area contributed by atoms with E-state index in [0.717, 1.165) is 5.75 Å². The van der Waals surface area contributed by atoms with Gasteiger partial charge in [0.15, 0.2) is 5.78 Å². The first kappa shape index (κ1) is 11.7. The molecule has 0 atom stereocenters. The molecule has 0 aromatic heterocycles. The van der Waals surface area contributed by atoms with Crippen LogP contribution in [0.4, 0.5) is 0 Å². The smallest absolute Gasteiger partial charge is 0.155 e. The first-order valence-corrected chi connectivity index (χ1v) is 4.95. The minimum Gasteiger partial charge on any atom is -0.491 e. The Hall–Kier alpha value is -1.35. The van der Waals surface area contributed by atoms with Gasteiger partial charge in [0.1, 0.15) is 19.0 Å². The number of rotatable bonds is 6. The van der Waals surface area contributed by atoms with Crippen molar-refractivity contribution in [2.45, 2.75) is 13.8 Å². The van der Waals surface area contributed by atoms with Gasteiger partial charge in [0, 0.05) is 0 Å². The lowest BCUT2D eigenvalue weighted by atomic mass is 10.2. The average molecular weight is 208 g/mol. The highest BCUT2D eigenvalue weighted by atomic mass is 16.5. The molecule has 0 spiro atoms. The molecule has 1 aromatic carbocycles. The van der Waals surface area contributed by atoms with Gasteiger partial charge in [-0.2, -0.15) is 0 Å². The van der Waals surface area contributed by atoms with Crippen LogP contribution in [0.3, 0.4) is 0 Å². The van der Waals surface area contributed by atoms with E-state index < -0.39 is 0 Å². The fourth-order valence-electron chi connectivity index (χ4n) is 1.07. The van der Waals surface area contributed by atoms with Crippen LogP contribution in [-0.4, -0.2) is 25.6 Å². The summed E-state index contributed by atoms with van der Waals surface area (Å²) in [6.07, 6.45) is 0. The van der Waals surface area contributed by atoms with Crippen LogP contribution in [0, 0.1) is 6.92 Å². The number of ether oxygens (including phenoxy) is 2. The van der Waals surface area contributed by atoms with Gasteiger partial charge < -0.3 is 9.47 Å². The Morgan fingerprint density at radius 1 is 1.20 bits per heavy atom. The quantitative estimate of drug-likeness (QED) is 0.670. The summed E-state index contributed by atoms with van der Waals surface area (Å²) in [6.45, 7) is 4.60. The average Bonchev–Trinajstić information content (AvgIpc) is 2.20. The molecular weight excluding hydrogens is 192 g/mol. The molecule has 0 aliphatic heterocycles. The number of carbonyl (C=O) groups excluding carboxylic acids is 1. The molecule has 0 saturated heterocycles. The molecule has 0 unspecified atom stereocenters. The lowest BCUT2D eigenvalue weighted by Crippen LogP contribution is -2.11. The molecule has 0 aliphatic rings. The molecule has 0 bridgehead atoms. The Morgan fingerprint density at radius 2 is 1.87 bits per heavy atom. The third kappa shape index (κ3) is 5.18. The van der Waals surface area contributed by atoms with E-state index in [-0.39, 0.29) is 12.4 Å². The fourth-order valence-corrected chi connectivity index (χ4v) is 1.07. The summed E-state index contributed by atoms with van der Waals surface area (Å²) in [5.41, 5.74) is 1.20. The van der Waals surface area contributed by atoms with Crippen molar-refractivity contribution in [3.8, 4) is 5.75 Å². The first-order valence-electron chi connectivity index (χ1n) is 4.95. The van der Waals surface area contributed by atoms with E-state index in [2.05, 4.69) is 0 Å². The second kappa shape index (κ2) is 6.19. The molecule has 82 valence electrons. The Kier molecular flexibility index (Phi) is 4.84. The second-order valence-corrected chi connectivity index (χ2v) is 3.42. The van der Waals surface area contributed by atoms with Gasteiger partial charge in [-0.1, -0.05) is 17.7 Å². The van der Waals surface area contributed by atoms with Gasteiger partial charge in [0.2, 0.25) is 0 Å². The van der Waals surface area contributed by atoms with Crippen molar-refractivity contribution in [1.29, 1.82) is 0 Å². The van der Waals surface area contributed by atoms with Crippen molar-refractivity contribution in [1.82, 2.24) is 0 Å². The van der Waals surface area contributed by atoms with Gasteiger partial charge >= 0.3 is 0 Å². The molecule has 0 radical (unpaired) electrons. The molecular formula is C12H16O3. The van der Waals surface area contributed by atoms with Gasteiger partial charge in [0.25, 0.3) is 0 Å². The second-order valence-electron chi connectivity index (χ2n) is 3.42. The molecule has 0 aliphatic carbocycles. The molecule has 3 heteroatoms. The molecule has 0 saturated carbocycles. The highest BCUT2D eigenvalue weighted by molar-refractivity contribution is 5.76. The zero-order valence-electron chi connectivity index (χ0n) is 9.16. The zero-order chi connectivity index (χ0) is 11.1. The number of carbonyl (C=O) groups is 1. The Labute approximate surface area is 90.0 Å². The van der Waals surface area contributed by atoms with Crippen LogP contribution in [-0.2, 0) is 9.53 Å². The van der Waals surface area contributed by atoms with Gasteiger partial charge in [0.05, 0.1) is 6.61 Å². The number of Topliss-reactive ketones (excluding diaryl/α,β-unsaturated/α-hetero) is 1. The molecule has 0 heterocycles. The number of aryl methyl sites for hydroxylation is 1. The van der Waals surface area contributed by atoms with Crippen LogP contribution in [0.2, 0.25) is 0 Å². The van der Waals surface area contributed by atoms with E-state index >= 15 is 0 Å². The molecule has 15 heavy (non-hydrogen) atoms. The highest BCUT2D eigenvalue weighted by Gasteiger charge is 1.95. The maximum atomic E-state index is 10.5. The number of ketones is 1. The van der Waals surface area contributed by atoms with Gasteiger partial charge in [-0.3, -0.25) is 4.79 Å². The van der Waals surface area contributed by atoms with Crippen LogP contribution >= 0.6 is 0 Å². The van der Waals surface area contributed by atoms with Crippen LogP contribution in [0.25, 0.3) is 0 Å². The van der Waals surface area contributed by atoms with E-state index in [9.17, 15) is 4.79 Å². The number of hydrogen-bond acceptors (Lipinski definition) is 3. The van der Waals surface area contributed by atoms with E-state index in [0.29, 0.717) is 13.2 Å². The maximum Gasteiger partial charge on any atom is 0.155 e. The van der Waals surface area contributed by atoms with Crippen molar-refractivity contribution >= 4 is 5.78 Å². The third-order valence-corrected chi connectivity index (χ3v) is 1.82. The van der Waals surface area contributed by atoms with Crippen molar-refractivity contribution in [3.63, 3.8) is 0 Å². The number of benzene rings is 1. The summed E-state index contributed by atoms with van der Waals surface area (Å²) in [7, 11) is 0. The number of hydrogen-bond donors (Lipinski definition) is 0. The lowest BCUT2D eigenvalue weighted by Gasteiger charge is -2.06. The Bertz CT molecular complexity index is 303. The largest absolute Gasteiger partial charge is 0.491 e. The minimum absolute atomic E-state index is 0.0327. The first-order chi connectivity index (χ1) is 7.18. The topological polar surface area (TPSA) is 35.5 Å². The summed E-state index contributed by atoms with van der Waals surface area (Å²) in [4.78, 5) is 10.5. The lowest BCUT2D eigenvalue weighted by molar-refractivity contribution is -0.121. The van der Waals surface area contributed by atoms with Crippen molar-refractivity contribution in [2.75, 3.05) is 19.8 Å². The third-order valence-electron chi connectivity index (χ3n) is 1.82. The van der Waals surface area contributed by atoms with Crippen LogP contribution < -0.4 is 4.74 Å². The van der Waals surface area contributed by atoms with Gasteiger partial charge in [-0.05, 0) is 26.0 Å². The monoisotopic (exact) mass is 208 g/mol. The standard InChI is InChI=1S/C12H16O3/c1-10-3-5-12(6-4-10)15-8-7-14-9-11(2)13/h3-6H,7-9H2,1-2H3. The van der Waals surface area contributed by atoms with E-state index in [1.54, 1.807) is 0 Å². The van der Waals surface area contributed by atoms with Gasteiger partial charge in [-0.15, -0.1) is 0 Å². The SMILES string of the molecule is CC(=O)COCCOc1ccc(C)cc1. The molecule has 0 fully saturated rings. The summed E-state index contributed by atoms with van der Waals surface area (Å²) >= 11 is 0. The summed E-state index contributed by atoms with van der Waals surface area (Å²) in [5, 5.41) is 0. The summed E-state index contributed by atoms with van der Waals surface area (Å²) < 4.78 is 10.5. The molecule has 1 aromatic rings. The van der Waals surface area contributed by atoms with E-state index in [1.165, 1.54) is 12.5 Å². The molecule has 3 nitrogen and oxygen atoms in total. The highest BCUT2D eigenvalue weighted by Crippen LogP contribution is 2.10. The Balaban J connectivity index is 2.15. The Morgan fingerprint density at radius 3 is 2.47 bits per heavy atom.